The molecule has 0 atom stereocenters. The van der Waals surface area contributed by atoms with Crippen LogP contribution in [0.3, 0.4) is 0 Å². The Kier molecular flexibility index (Phi) is 7.94. The fourth-order valence-corrected chi connectivity index (χ4v) is 3.18. The predicted molar refractivity (Wildman–Crippen MR) is 130 cm³/mol. The number of anilines is 1. The van der Waals surface area contributed by atoms with Crippen LogP contribution in [0.4, 0.5) is 10.5 Å². The second-order valence-electron chi connectivity index (χ2n) is 8.93. The Bertz CT molecular complexity index is 1120. The summed E-state index contributed by atoms with van der Waals surface area (Å²) in [6.45, 7) is 5.84. The van der Waals surface area contributed by atoms with Gasteiger partial charge in [0.05, 0.1) is 13.3 Å². The SMILES string of the molecule is COc1ccc(-c2cnc(CCC(=O)Nc3cccc(CN(C)C(=O)OC(C)(C)C)c3)o2)cc1. The number of aryl methyl sites for hydroxylation is 1. The Morgan fingerprint density at radius 2 is 1.85 bits per heavy atom. The highest BCUT2D eigenvalue weighted by Gasteiger charge is 2.19. The van der Waals surface area contributed by atoms with E-state index >= 15 is 0 Å². The van der Waals surface area contributed by atoms with Crippen LogP contribution >= 0.6 is 0 Å². The second-order valence-corrected chi connectivity index (χ2v) is 8.93. The lowest BCUT2D eigenvalue weighted by Gasteiger charge is -2.24. The van der Waals surface area contributed by atoms with Crippen molar-refractivity contribution in [2.24, 2.45) is 0 Å². The van der Waals surface area contributed by atoms with Crippen LogP contribution in [0.2, 0.25) is 0 Å². The summed E-state index contributed by atoms with van der Waals surface area (Å²) in [7, 11) is 3.29. The number of rotatable bonds is 8. The Morgan fingerprint density at radius 3 is 2.53 bits per heavy atom. The summed E-state index contributed by atoms with van der Waals surface area (Å²) in [5.41, 5.74) is 1.87. The third kappa shape index (κ3) is 7.37. The number of benzene rings is 2. The molecule has 3 aromatic rings. The zero-order valence-corrected chi connectivity index (χ0v) is 20.3. The molecule has 2 aromatic carbocycles. The van der Waals surface area contributed by atoms with Crippen LogP contribution in [0.25, 0.3) is 11.3 Å². The van der Waals surface area contributed by atoms with Gasteiger partial charge in [0.2, 0.25) is 5.91 Å². The van der Waals surface area contributed by atoms with Gasteiger partial charge in [-0.1, -0.05) is 12.1 Å². The van der Waals surface area contributed by atoms with Gasteiger partial charge in [-0.25, -0.2) is 9.78 Å². The Morgan fingerprint density at radius 1 is 1.12 bits per heavy atom. The fourth-order valence-electron chi connectivity index (χ4n) is 3.18. The van der Waals surface area contributed by atoms with Crippen molar-refractivity contribution in [1.82, 2.24) is 9.88 Å². The monoisotopic (exact) mass is 465 g/mol. The number of nitrogens with one attached hydrogen (secondary N) is 1. The normalized spacial score (nSPS) is 11.1. The van der Waals surface area contributed by atoms with Crippen molar-refractivity contribution in [3.63, 3.8) is 0 Å². The van der Waals surface area contributed by atoms with Gasteiger partial charge in [-0.05, 0) is 62.7 Å². The van der Waals surface area contributed by atoms with Gasteiger partial charge in [-0.15, -0.1) is 0 Å². The number of nitrogens with zero attached hydrogens (tertiary/aromatic N) is 2. The van der Waals surface area contributed by atoms with E-state index in [1.807, 2.05) is 69.3 Å². The average Bonchev–Trinajstić information content (AvgIpc) is 3.26. The fraction of sp³-hybridized carbons (Fsp3) is 0.346. The molecule has 1 aromatic heterocycles. The number of hydrogen-bond donors (Lipinski definition) is 1. The molecular formula is C26H31N3O5. The quantitative estimate of drug-likeness (QED) is 0.486. The van der Waals surface area contributed by atoms with Gasteiger partial charge in [-0.2, -0.15) is 0 Å². The van der Waals surface area contributed by atoms with Gasteiger partial charge < -0.3 is 24.1 Å². The van der Waals surface area contributed by atoms with Crippen LogP contribution in [0.15, 0.2) is 59.1 Å². The topological polar surface area (TPSA) is 93.9 Å². The zero-order chi connectivity index (χ0) is 24.7. The molecule has 0 spiro atoms. The molecule has 0 saturated heterocycles. The van der Waals surface area contributed by atoms with E-state index in [0.717, 1.165) is 16.9 Å². The molecule has 34 heavy (non-hydrogen) atoms. The highest BCUT2D eigenvalue weighted by atomic mass is 16.6. The van der Waals surface area contributed by atoms with Crippen LogP contribution in [0.1, 0.15) is 38.6 Å². The first-order chi connectivity index (χ1) is 16.1. The average molecular weight is 466 g/mol. The van der Waals surface area contributed by atoms with Gasteiger partial charge >= 0.3 is 6.09 Å². The minimum Gasteiger partial charge on any atom is -0.497 e. The van der Waals surface area contributed by atoms with Crippen LogP contribution in [0, 0.1) is 0 Å². The summed E-state index contributed by atoms with van der Waals surface area (Å²) in [5, 5.41) is 2.89. The highest BCUT2D eigenvalue weighted by Crippen LogP contribution is 2.23. The second kappa shape index (κ2) is 10.9. The van der Waals surface area contributed by atoms with Crippen molar-refractivity contribution in [2.45, 2.75) is 45.8 Å². The van der Waals surface area contributed by atoms with Crippen molar-refractivity contribution >= 4 is 17.7 Å². The molecule has 0 aliphatic carbocycles. The van der Waals surface area contributed by atoms with E-state index in [-0.39, 0.29) is 12.3 Å². The first-order valence-electron chi connectivity index (χ1n) is 11.0. The lowest BCUT2D eigenvalue weighted by molar-refractivity contribution is -0.116. The number of ether oxygens (including phenoxy) is 2. The number of methoxy groups -OCH3 is 1. The molecule has 1 N–H and O–H groups in total. The first-order valence-corrected chi connectivity index (χ1v) is 11.0. The molecule has 1 heterocycles. The minimum absolute atomic E-state index is 0.151. The zero-order valence-electron chi connectivity index (χ0n) is 20.3. The van der Waals surface area contributed by atoms with Gasteiger partial charge in [0.1, 0.15) is 11.4 Å². The molecule has 2 amide bonds. The molecule has 0 radical (unpaired) electrons. The summed E-state index contributed by atoms with van der Waals surface area (Å²) in [5.74, 6) is 1.75. The summed E-state index contributed by atoms with van der Waals surface area (Å²) >= 11 is 0. The maximum Gasteiger partial charge on any atom is 0.410 e. The maximum atomic E-state index is 12.5. The third-order valence-corrected chi connectivity index (χ3v) is 4.83. The highest BCUT2D eigenvalue weighted by molar-refractivity contribution is 5.90. The van der Waals surface area contributed by atoms with Crippen molar-refractivity contribution in [3.05, 3.63) is 66.2 Å². The van der Waals surface area contributed by atoms with E-state index in [4.69, 9.17) is 13.9 Å². The van der Waals surface area contributed by atoms with Crippen LogP contribution in [0.5, 0.6) is 5.75 Å². The number of carbonyl (C=O) groups excluding carboxylic acids is 2. The van der Waals surface area contributed by atoms with E-state index in [9.17, 15) is 9.59 Å². The molecule has 8 heteroatoms. The first kappa shape index (κ1) is 24.8. The summed E-state index contributed by atoms with van der Waals surface area (Å²) in [6.07, 6.45) is 1.86. The minimum atomic E-state index is -0.556. The Balaban J connectivity index is 1.51. The van der Waals surface area contributed by atoms with Gasteiger partial charge in [0.25, 0.3) is 0 Å². The van der Waals surface area contributed by atoms with Gasteiger partial charge in [-0.3, -0.25) is 4.79 Å². The van der Waals surface area contributed by atoms with Crippen molar-refractivity contribution in [3.8, 4) is 17.1 Å². The molecule has 0 saturated carbocycles. The summed E-state index contributed by atoms with van der Waals surface area (Å²) in [6, 6.07) is 14.9. The molecule has 180 valence electrons. The van der Waals surface area contributed by atoms with E-state index in [1.54, 1.807) is 20.4 Å². The molecule has 0 bridgehead atoms. The largest absolute Gasteiger partial charge is 0.497 e. The lowest BCUT2D eigenvalue weighted by Crippen LogP contribution is -2.33. The van der Waals surface area contributed by atoms with Crippen LogP contribution in [-0.2, 0) is 22.5 Å². The molecule has 8 nitrogen and oxygen atoms in total. The standard InChI is InChI=1S/C26H31N3O5/c1-26(2,3)34-25(31)29(4)17-18-7-6-8-20(15-18)28-23(30)13-14-24-27-16-22(33-24)19-9-11-21(32-5)12-10-19/h6-12,15-16H,13-14,17H2,1-5H3,(H,28,30). The molecule has 0 aliphatic rings. The summed E-state index contributed by atoms with van der Waals surface area (Å²) < 4.78 is 16.3. The van der Waals surface area contributed by atoms with E-state index < -0.39 is 11.7 Å². The van der Waals surface area contributed by atoms with E-state index in [1.165, 1.54) is 4.90 Å². The maximum absolute atomic E-state index is 12.5. The Labute approximate surface area is 199 Å². The number of oxazole rings is 1. The van der Waals surface area contributed by atoms with E-state index in [0.29, 0.717) is 30.3 Å². The van der Waals surface area contributed by atoms with Gasteiger partial charge in [0, 0.05) is 37.7 Å². The number of hydrogen-bond acceptors (Lipinski definition) is 6. The summed E-state index contributed by atoms with van der Waals surface area (Å²) in [4.78, 5) is 30.4. The lowest BCUT2D eigenvalue weighted by atomic mass is 10.2. The number of aromatic nitrogens is 1. The van der Waals surface area contributed by atoms with Gasteiger partial charge in [0.15, 0.2) is 11.7 Å². The van der Waals surface area contributed by atoms with E-state index in [2.05, 4.69) is 10.3 Å². The van der Waals surface area contributed by atoms with Crippen LogP contribution in [-0.4, -0.2) is 41.6 Å². The smallest absolute Gasteiger partial charge is 0.410 e. The van der Waals surface area contributed by atoms with Crippen molar-refractivity contribution < 1.29 is 23.5 Å². The third-order valence-electron chi connectivity index (χ3n) is 4.83. The molecular weight excluding hydrogens is 434 g/mol. The molecule has 0 unspecified atom stereocenters. The molecule has 0 fully saturated rings. The van der Waals surface area contributed by atoms with Crippen LogP contribution < -0.4 is 10.1 Å². The number of amides is 2. The Hall–Kier alpha value is -3.81. The molecule has 0 aliphatic heterocycles. The molecule has 3 rings (SSSR count). The number of carbonyl (C=O) groups is 2. The van der Waals surface area contributed by atoms with Crippen molar-refractivity contribution in [1.29, 1.82) is 0 Å². The van der Waals surface area contributed by atoms with Crippen molar-refractivity contribution in [2.75, 3.05) is 19.5 Å². The predicted octanol–water partition coefficient (Wildman–Crippen LogP) is 5.29.